The molecule has 7 heteroatoms. The van der Waals surface area contributed by atoms with Gasteiger partial charge in [0.1, 0.15) is 0 Å². The van der Waals surface area contributed by atoms with Crippen LogP contribution in [0, 0.1) is 11.3 Å². The fourth-order valence-corrected chi connectivity index (χ4v) is 3.19. The van der Waals surface area contributed by atoms with Crippen LogP contribution in [-0.2, 0) is 11.3 Å². The highest BCUT2D eigenvalue weighted by Gasteiger charge is 2.30. The van der Waals surface area contributed by atoms with Crippen LogP contribution in [0.4, 0.5) is 0 Å². The molecule has 1 aromatic heterocycles. The number of rotatable bonds is 6. The van der Waals surface area contributed by atoms with Crippen molar-refractivity contribution in [2.24, 2.45) is 0 Å². The van der Waals surface area contributed by atoms with E-state index in [0.29, 0.717) is 36.0 Å². The number of likely N-dealkylation sites (N-methyl/N-ethyl adjacent to an activating group) is 2. The SMILES string of the molecule is CO[C@H]1C[C@@H](CN(C)Cc2nnc(-c3ccc(C#N)cc3)o2)N(C)C1. The predicted molar refractivity (Wildman–Crippen MR) is 92.6 cm³/mol. The van der Waals surface area contributed by atoms with Gasteiger partial charge < -0.3 is 9.15 Å². The third-order valence-electron chi connectivity index (χ3n) is 4.64. The Kier molecular flexibility index (Phi) is 5.43. The summed E-state index contributed by atoms with van der Waals surface area (Å²) >= 11 is 0. The summed E-state index contributed by atoms with van der Waals surface area (Å²) in [6.07, 6.45) is 1.35. The largest absolute Gasteiger partial charge is 0.419 e. The van der Waals surface area contributed by atoms with E-state index < -0.39 is 0 Å². The first kappa shape index (κ1) is 17.5. The van der Waals surface area contributed by atoms with Crippen molar-refractivity contribution in [3.8, 4) is 17.5 Å². The van der Waals surface area contributed by atoms with Gasteiger partial charge in [0.2, 0.25) is 11.8 Å². The Hall–Kier alpha value is -2.27. The van der Waals surface area contributed by atoms with Crippen LogP contribution in [0.2, 0.25) is 0 Å². The number of nitrogens with zero attached hydrogens (tertiary/aromatic N) is 5. The molecule has 2 heterocycles. The van der Waals surface area contributed by atoms with E-state index in [1.165, 1.54) is 0 Å². The molecule has 0 radical (unpaired) electrons. The molecule has 0 N–H and O–H groups in total. The normalized spacial score (nSPS) is 20.9. The van der Waals surface area contributed by atoms with Crippen LogP contribution in [0.15, 0.2) is 28.7 Å². The second-order valence-corrected chi connectivity index (χ2v) is 6.57. The Balaban J connectivity index is 1.58. The van der Waals surface area contributed by atoms with Crippen molar-refractivity contribution in [1.82, 2.24) is 20.0 Å². The Labute approximate surface area is 147 Å². The molecular formula is C18H23N5O2. The van der Waals surface area contributed by atoms with Crippen LogP contribution in [-0.4, -0.2) is 66.4 Å². The Morgan fingerprint density at radius 1 is 1.36 bits per heavy atom. The van der Waals surface area contributed by atoms with Crippen molar-refractivity contribution >= 4 is 0 Å². The molecule has 3 rings (SSSR count). The highest BCUT2D eigenvalue weighted by atomic mass is 16.5. The number of hydrogen-bond donors (Lipinski definition) is 0. The van der Waals surface area contributed by atoms with Gasteiger partial charge >= 0.3 is 0 Å². The fraction of sp³-hybridized carbons (Fsp3) is 0.500. The maximum Gasteiger partial charge on any atom is 0.247 e. The van der Waals surface area contributed by atoms with E-state index in [1.807, 2.05) is 12.1 Å². The van der Waals surface area contributed by atoms with Gasteiger partial charge in [-0.15, -0.1) is 10.2 Å². The van der Waals surface area contributed by atoms with Crippen molar-refractivity contribution in [2.45, 2.75) is 25.1 Å². The maximum absolute atomic E-state index is 8.85. The summed E-state index contributed by atoms with van der Waals surface area (Å²) in [5, 5.41) is 17.1. The molecule has 132 valence electrons. The summed E-state index contributed by atoms with van der Waals surface area (Å²) in [7, 11) is 5.96. The zero-order valence-electron chi connectivity index (χ0n) is 14.8. The molecule has 0 amide bonds. The second-order valence-electron chi connectivity index (χ2n) is 6.57. The molecule has 1 aromatic carbocycles. The summed E-state index contributed by atoms with van der Waals surface area (Å²) < 4.78 is 11.2. The summed E-state index contributed by atoms with van der Waals surface area (Å²) in [6, 6.07) is 9.69. The molecule has 0 saturated carbocycles. The third-order valence-corrected chi connectivity index (χ3v) is 4.64. The number of benzene rings is 1. The number of likely N-dealkylation sites (tertiary alicyclic amines) is 1. The van der Waals surface area contributed by atoms with Gasteiger partial charge in [-0.1, -0.05) is 0 Å². The van der Waals surface area contributed by atoms with E-state index >= 15 is 0 Å². The maximum atomic E-state index is 8.85. The standard InChI is InChI=1S/C18H23N5O2/c1-22(10-15-8-16(24-3)11-23(15)2)12-17-20-21-18(25-17)14-6-4-13(9-19)5-7-14/h4-7,15-16H,8,10-12H2,1-3H3/t15-,16-/m0/s1. The molecule has 0 unspecified atom stereocenters. The van der Waals surface area contributed by atoms with Crippen LogP contribution < -0.4 is 0 Å². The van der Waals surface area contributed by atoms with Crippen LogP contribution in [0.1, 0.15) is 17.9 Å². The molecule has 0 spiro atoms. The van der Waals surface area contributed by atoms with Gasteiger partial charge in [-0.2, -0.15) is 5.26 Å². The molecule has 2 aromatic rings. The van der Waals surface area contributed by atoms with E-state index in [2.05, 4.69) is 40.2 Å². The van der Waals surface area contributed by atoms with Gasteiger partial charge in [0.15, 0.2) is 0 Å². The molecule has 0 bridgehead atoms. The van der Waals surface area contributed by atoms with Crippen molar-refractivity contribution < 1.29 is 9.15 Å². The molecular weight excluding hydrogens is 318 g/mol. The molecule has 2 atom stereocenters. The van der Waals surface area contributed by atoms with Crippen LogP contribution in [0.25, 0.3) is 11.5 Å². The summed E-state index contributed by atoms with van der Waals surface area (Å²) in [6.45, 7) is 2.49. The minimum Gasteiger partial charge on any atom is -0.419 e. The second kappa shape index (κ2) is 7.74. The number of aromatic nitrogens is 2. The summed E-state index contributed by atoms with van der Waals surface area (Å²) in [5.41, 5.74) is 1.43. The Bertz CT molecular complexity index is 737. The first-order valence-corrected chi connectivity index (χ1v) is 8.33. The quantitative estimate of drug-likeness (QED) is 0.792. The number of methoxy groups -OCH3 is 1. The van der Waals surface area contributed by atoms with Crippen molar-refractivity contribution in [1.29, 1.82) is 5.26 Å². The number of hydrogen-bond acceptors (Lipinski definition) is 7. The van der Waals surface area contributed by atoms with Gasteiger partial charge in [-0.05, 0) is 44.8 Å². The van der Waals surface area contributed by atoms with E-state index in [0.717, 1.165) is 25.1 Å². The molecule has 1 aliphatic heterocycles. The lowest BCUT2D eigenvalue weighted by Crippen LogP contribution is -2.36. The molecule has 25 heavy (non-hydrogen) atoms. The van der Waals surface area contributed by atoms with Crippen LogP contribution >= 0.6 is 0 Å². The van der Waals surface area contributed by atoms with E-state index in [-0.39, 0.29) is 0 Å². The lowest BCUT2D eigenvalue weighted by atomic mass is 10.1. The first-order chi connectivity index (χ1) is 12.1. The van der Waals surface area contributed by atoms with Crippen molar-refractivity contribution in [3.05, 3.63) is 35.7 Å². The zero-order chi connectivity index (χ0) is 17.8. The topological polar surface area (TPSA) is 78.4 Å². The average molecular weight is 341 g/mol. The average Bonchev–Trinajstić information content (AvgIpc) is 3.22. The molecule has 1 aliphatic rings. The summed E-state index contributed by atoms with van der Waals surface area (Å²) in [4.78, 5) is 4.52. The van der Waals surface area contributed by atoms with Gasteiger partial charge in [-0.25, -0.2) is 0 Å². The molecule has 1 fully saturated rings. The van der Waals surface area contributed by atoms with Crippen LogP contribution in [0.5, 0.6) is 0 Å². The fourth-order valence-electron chi connectivity index (χ4n) is 3.19. The number of nitriles is 1. The zero-order valence-corrected chi connectivity index (χ0v) is 14.8. The van der Waals surface area contributed by atoms with Crippen molar-refractivity contribution in [3.63, 3.8) is 0 Å². The smallest absolute Gasteiger partial charge is 0.247 e. The first-order valence-electron chi connectivity index (χ1n) is 8.33. The molecule has 7 nitrogen and oxygen atoms in total. The van der Waals surface area contributed by atoms with E-state index in [1.54, 1.807) is 19.2 Å². The Morgan fingerprint density at radius 3 is 2.76 bits per heavy atom. The molecule has 1 saturated heterocycles. The van der Waals surface area contributed by atoms with Gasteiger partial charge in [0, 0.05) is 31.8 Å². The third kappa shape index (κ3) is 4.23. The van der Waals surface area contributed by atoms with Gasteiger partial charge in [0.05, 0.1) is 24.3 Å². The summed E-state index contributed by atoms with van der Waals surface area (Å²) in [5.74, 6) is 1.07. The monoisotopic (exact) mass is 341 g/mol. The lowest BCUT2D eigenvalue weighted by molar-refractivity contribution is 0.111. The number of ether oxygens (including phenoxy) is 1. The minimum absolute atomic E-state index is 0.315. The highest BCUT2D eigenvalue weighted by molar-refractivity contribution is 5.54. The van der Waals surface area contributed by atoms with Crippen molar-refractivity contribution in [2.75, 3.05) is 34.3 Å². The minimum atomic E-state index is 0.315. The van der Waals surface area contributed by atoms with Crippen LogP contribution in [0.3, 0.4) is 0 Å². The molecule has 0 aliphatic carbocycles. The highest BCUT2D eigenvalue weighted by Crippen LogP contribution is 2.21. The van der Waals surface area contributed by atoms with Gasteiger partial charge in [-0.3, -0.25) is 9.80 Å². The van der Waals surface area contributed by atoms with E-state index in [4.69, 9.17) is 14.4 Å². The predicted octanol–water partition coefficient (Wildman–Crippen LogP) is 1.76. The van der Waals surface area contributed by atoms with E-state index in [9.17, 15) is 0 Å². The lowest BCUT2D eigenvalue weighted by Gasteiger charge is -2.24. The van der Waals surface area contributed by atoms with Gasteiger partial charge in [0.25, 0.3) is 0 Å². The Morgan fingerprint density at radius 2 is 2.12 bits per heavy atom.